The van der Waals surface area contributed by atoms with Crippen molar-refractivity contribution >= 4 is 21.9 Å². The molecule has 3 unspecified atom stereocenters. The van der Waals surface area contributed by atoms with Crippen molar-refractivity contribution in [3.05, 3.63) is 89.0 Å². The van der Waals surface area contributed by atoms with Gasteiger partial charge in [0.25, 0.3) is 10.1 Å². The molecule has 53 heavy (non-hydrogen) atoms. The van der Waals surface area contributed by atoms with Gasteiger partial charge in [0, 0.05) is 36.7 Å². The Hall–Kier alpha value is -3.84. The molecule has 0 bridgehead atoms. The van der Waals surface area contributed by atoms with Gasteiger partial charge in [0.2, 0.25) is 0 Å². The number of anilines is 1. The van der Waals surface area contributed by atoms with Crippen LogP contribution in [-0.4, -0.2) is 83.9 Å². The smallest absolute Gasteiger partial charge is 0.410 e. The van der Waals surface area contributed by atoms with E-state index >= 15 is 0 Å². The van der Waals surface area contributed by atoms with Crippen molar-refractivity contribution in [3.8, 4) is 11.5 Å². The van der Waals surface area contributed by atoms with Crippen molar-refractivity contribution in [2.75, 3.05) is 58.1 Å². The van der Waals surface area contributed by atoms with Crippen LogP contribution in [0, 0.1) is 0 Å². The number of ether oxygens (including phenoxy) is 5. The van der Waals surface area contributed by atoms with Gasteiger partial charge in [0.1, 0.15) is 17.1 Å². The molecule has 2 aliphatic heterocycles. The minimum atomic E-state index is -3.56. The second-order valence-electron chi connectivity index (χ2n) is 14.7. The first kappa shape index (κ1) is 40.3. The van der Waals surface area contributed by atoms with Crippen LogP contribution in [0.3, 0.4) is 0 Å². The molecular weight excluding hydrogens is 697 g/mol. The molecule has 3 aromatic rings. The molecule has 2 aliphatic rings. The number of methoxy groups -OCH3 is 1. The minimum Gasteiger partial charge on any atom is -0.496 e. The molecule has 1 N–H and O–H groups in total. The Balaban J connectivity index is 1.27. The summed E-state index contributed by atoms with van der Waals surface area (Å²) in [7, 11) is -1.90. The van der Waals surface area contributed by atoms with Crippen LogP contribution in [0.25, 0.3) is 0 Å². The van der Waals surface area contributed by atoms with Gasteiger partial charge in [0.15, 0.2) is 0 Å². The van der Waals surface area contributed by atoms with E-state index in [1.165, 1.54) is 5.56 Å². The summed E-state index contributed by atoms with van der Waals surface area (Å²) >= 11 is 0. The largest absolute Gasteiger partial charge is 0.496 e. The first-order valence-electron chi connectivity index (χ1n) is 18.7. The Kier molecular flexibility index (Phi) is 14.4. The van der Waals surface area contributed by atoms with Crippen LogP contribution in [0.4, 0.5) is 10.5 Å². The monoisotopic (exact) mass is 752 g/mol. The van der Waals surface area contributed by atoms with Gasteiger partial charge in [-0.05, 0) is 93.8 Å². The van der Waals surface area contributed by atoms with E-state index in [0.717, 1.165) is 65.9 Å². The topological polar surface area (TPSA) is 122 Å². The van der Waals surface area contributed by atoms with Crippen LogP contribution in [0.1, 0.15) is 87.2 Å². The molecule has 11 nitrogen and oxygen atoms in total. The number of fused-ring (bicyclic) bond motifs is 1. The second kappa shape index (κ2) is 19.0. The zero-order valence-corrected chi connectivity index (χ0v) is 32.6. The number of likely N-dealkylation sites (tertiary alicyclic amines) is 1. The summed E-state index contributed by atoms with van der Waals surface area (Å²) in [6.07, 6.45) is 4.53. The molecule has 0 spiro atoms. The zero-order chi connectivity index (χ0) is 37.8. The van der Waals surface area contributed by atoms with E-state index in [1.54, 1.807) is 12.0 Å². The minimum absolute atomic E-state index is 0.00311. The highest BCUT2D eigenvalue weighted by atomic mass is 32.2. The number of rotatable bonds is 17. The zero-order valence-electron chi connectivity index (χ0n) is 31.8. The molecule has 1 fully saturated rings. The highest BCUT2D eigenvalue weighted by molar-refractivity contribution is 7.85. The van der Waals surface area contributed by atoms with Crippen molar-refractivity contribution in [3.63, 3.8) is 0 Å². The average molecular weight is 753 g/mol. The van der Waals surface area contributed by atoms with Crippen LogP contribution in [0.5, 0.6) is 11.5 Å². The van der Waals surface area contributed by atoms with Crippen LogP contribution < -0.4 is 14.8 Å². The normalized spacial score (nSPS) is 18.1. The van der Waals surface area contributed by atoms with Crippen molar-refractivity contribution < 1.29 is 41.1 Å². The Labute approximate surface area is 315 Å². The van der Waals surface area contributed by atoms with Gasteiger partial charge in [-0.2, -0.15) is 8.42 Å². The van der Waals surface area contributed by atoms with Crippen molar-refractivity contribution in [2.45, 2.75) is 89.6 Å². The van der Waals surface area contributed by atoms with E-state index in [0.29, 0.717) is 52.2 Å². The standard InChI is InChI=1S/C41H56N2O9S/c1-41(2,3)52-40(44)43-23-21-35(30-17-19-34(20-18-30)49-25-10-24-48-29-33-11-6-7-13-37(33)47-4)39(28-43)51-38(14-9-26-50-53(5,45)46)32-16-15-31-12-8-22-42-36(31)27-32/h6-7,11,13,15-20,27,35,38-39,42H,8-10,12,14,21-26,28-29H2,1-5H3. The molecular formula is C41H56N2O9S. The molecule has 290 valence electrons. The number of amides is 1. The molecule has 0 aliphatic carbocycles. The highest BCUT2D eigenvalue weighted by Gasteiger charge is 2.37. The fraction of sp³-hybridized carbons (Fsp3) is 0.537. The molecule has 0 radical (unpaired) electrons. The average Bonchev–Trinajstić information content (AvgIpc) is 3.13. The lowest BCUT2D eigenvalue weighted by Gasteiger charge is -2.40. The van der Waals surface area contributed by atoms with Gasteiger partial charge in [-0.1, -0.05) is 42.5 Å². The summed E-state index contributed by atoms with van der Waals surface area (Å²) in [5, 5.41) is 3.52. The number of para-hydroxylation sites is 1. The maximum Gasteiger partial charge on any atom is 0.410 e. The molecule has 3 aromatic carbocycles. The lowest BCUT2D eigenvalue weighted by molar-refractivity contribution is -0.0686. The van der Waals surface area contributed by atoms with Gasteiger partial charge >= 0.3 is 6.09 Å². The highest BCUT2D eigenvalue weighted by Crippen LogP contribution is 2.38. The summed E-state index contributed by atoms with van der Waals surface area (Å²) in [6, 6.07) is 22.4. The third-order valence-corrected chi connectivity index (χ3v) is 9.96. The first-order valence-corrected chi connectivity index (χ1v) is 20.5. The van der Waals surface area contributed by atoms with E-state index in [9.17, 15) is 13.2 Å². The maximum absolute atomic E-state index is 13.3. The first-order chi connectivity index (χ1) is 25.4. The summed E-state index contributed by atoms with van der Waals surface area (Å²) in [4.78, 5) is 15.0. The van der Waals surface area contributed by atoms with E-state index in [2.05, 4.69) is 35.6 Å². The maximum atomic E-state index is 13.3. The number of carbonyl (C=O) groups excluding carboxylic acids is 1. The number of benzene rings is 3. The summed E-state index contributed by atoms with van der Waals surface area (Å²) in [5.74, 6) is 1.58. The SMILES string of the molecule is COc1ccccc1COCCCOc1ccc(C2CCN(C(=O)OC(C)(C)C)CC2OC(CCCOS(C)(=O)=O)c2ccc3c(c2)NCCC3)cc1. The van der Waals surface area contributed by atoms with Crippen molar-refractivity contribution in [2.24, 2.45) is 0 Å². The van der Waals surface area contributed by atoms with E-state index in [-0.39, 0.29) is 30.8 Å². The van der Waals surface area contributed by atoms with Crippen molar-refractivity contribution in [1.29, 1.82) is 0 Å². The number of piperidine rings is 1. The van der Waals surface area contributed by atoms with Gasteiger partial charge in [-0.25, -0.2) is 4.79 Å². The molecule has 0 saturated carbocycles. The fourth-order valence-corrected chi connectivity index (χ4v) is 7.20. The Morgan fingerprint density at radius 3 is 2.55 bits per heavy atom. The second-order valence-corrected chi connectivity index (χ2v) is 16.4. The summed E-state index contributed by atoms with van der Waals surface area (Å²) in [6.45, 7) is 9.02. The fourth-order valence-electron chi connectivity index (χ4n) is 6.78. The van der Waals surface area contributed by atoms with E-state index in [4.69, 9.17) is 27.9 Å². The number of nitrogens with zero attached hydrogens (tertiary/aromatic N) is 1. The molecule has 1 saturated heterocycles. The summed E-state index contributed by atoms with van der Waals surface area (Å²) < 4.78 is 58.5. The Bertz CT molecular complexity index is 1730. The van der Waals surface area contributed by atoms with Crippen molar-refractivity contribution in [1.82, 2.24) is 4.90 Å². The van der Waals surface area contributed by atoms with Crippen LogP contribution in [0.2, 0.25) is 0 Å². The third kappa shape index (κ3) is 12.6. The van der Waals surface area contributed by atoms with Gasteiger partial charge in [-0.15, -0.1) is 0 Å². The molecule has 0 aromatic heterocycles. The number of hydrogen-bond acceptors (Lipinski definition) is 10. The van der Waals surface area contributed by atoms with E-state index in [1.807, 2.05) is 57.2 Å². The Morgan fingerprint density at radius 1 is 1.00 bits per heavy atom. The van der Waals surface area contributed by atoms with Gasteiger partial charge in [-0.3, -0.25) is 4.18 Å². The van der Waals surface area contributed by atoms with E-state index < -0.39 is 15.7 Å². The van der Waals surface area contributed by atoms with Crippen LogP contribution in [-0.2, 0) is 41.5 Å². The molecule has 1 amide bonds. The number of hydrogen-bond donors (Lipinski definition) is 1. The lowest BCUT2D eigenvalue weighted by Crippen LogP contribution is -2.48. The van der Waals surface area contributed by atoms with Crippen LogP contribution >= 0.6 is 0 Å². The molecule has 5 rings (SSSR count). The Morgan fingerprint density at radius 2 is 1.79 bits per heavy atom. The summed E-state index contributed by atoms with van der Waals surface area (Å²) in [5.41, 5.74) is 4.86. The molecule has 2 heterocycles. The number of nitrogens with one attached hydrogen (secondary N) is 1. The molecule has 3 atom stereocenters. The quantitative estimate of drug-likeness (QED) is 0.109. The predicted octanol–water partition coefficient (Wildman–Crippen LogP) is 7.65. The van der Waals surface area contributed by atoms with Gasteiger partial charge in [0.05, 0.1) is 58.5 Å². The molecule has 12 heteroatoms. The number of aryl methyl sites for hydroxylation is 1. The lowest BCUT2D eigenvalue weighted by atomic mass is 9.86. The third-order valence-electron chi connectivity index (χ3n) is 9.36. The van der Waals surface area contributed by atoms with Gasteiger partial charge < -0.3 is 33.9 Å². The van der Waals surface area contributed by atoms with Crippen LogP contribution in [0.15, 0.2) is 66.7 Å². The number of carbonyl (C=O) groups is 1. The predicted molar refractivity (Wildman–Crippen MR) is 205 cm³/mol.